The average Bonchev–Trinajstić information content (AvgIpc) is 2.78. The second-order valence-corrected chi connectivity index (χ2v) is 7.82. The molecule has 0 bridgehead atoms. The van der Waals surface area contributed by atoms with Crippen molar-refractivity contribution in [2.75, 3.05) is 34.4 Å². The van der Waals surface area contributed by atoms with Crippen molar-refractivity contribution >= 4 is 11.8 Å². The Morgan fingerprint density at radius 2 is 1.48 bits per heavy atom. The molecule has 1 aromatic carbocycles. The Hall–Kier alpha value is -2.44. The molecular weight excluding hydrogens is 372 g/mol. The Morgan fingerprint density at radius 1 is 0.897 bits per heavy atom. The number of carbonyl (C=O) groups excluding carboxylic acids is 2. The summed E-state index contributed by atoms with van der Waals surface area (Å²) in [5.74, 6) is 1.69. The van der Waals surface area contributed by atoms with Crippen molar-refractivity contribution in [2.45, 2.75) is 51.0 Å². The molecule has 7 heteroatoms. The van der Waals surface area contributed by atoms with Gasteiger partial charge in [-0.05, 0) is 37.8 Å². The van der Waals surface area contributed by atoms with Crippen LogP contribution in [0.5, 0.6) is 17.2 Å². The molecule has 0 radical (unpaired) electrons. The lowest BCUT2D eigenvalue weighted by molar-refractivity contribution is -0.137. The predicted molar refractivity (Wildman–Crippen MR) is 110 cm³/mol. The summed E-state index contributed by atoms with van der Waals surface area (Å²) in [6, 6.07) is 3.36. The van der Waals surface area contributed by atoms with Crippen LogP contribution in [0, 0.1) is 5.92 Å². The van der Waals surface area contributed by atoms with Gasteiger partial charge in [0.25, 0.3) is 5.91 Å². The zero-order valence-electron chi connectivity index (χ0n) is 17.7. The van der Waals surface area contributed by atoms with E-state index in [0.29, 0.717) is 41.8 Å². The van der Waals surface area contributed by atoms with Crippen molar-refractivity contribution in [1.29, 1.82) is 0 Å². The Balaban J connectivity index is 1.57. The lowest BCUT2D eigenvalue weighted by Crippen LogP contribution is -2.48. The van der Waals surface area contributed by atoms with Crippen LogP contribution < -0.4 is 19.5 Å². The van der Waals surface area contributed by atoms with E-state index in [4.69, 9.17) is 14.2 Å². The minimum absolute atomic E-state index is 0.0528. The molecule has 2 fully saturated rings. The van der Waals surface area contributed by atoms with Crippen molar-refractivity contribution in [2.24, 2.45) is 5.92 Å². The largest absolute Gasteiger partial charge is 0.493 e. The standard InChI is InChI=1S/C22H32N2O5/c1-27-18-13-16(14-19(28-2)20(18)29-3)21(25)23-17-9-11-24(12-10-17)22(26)15-7-5-4-6-8-15/h13-15,17H,4-12H2,1-3H3,(H,23,25). The molecule has 7 nitrogen and oxygen atoms in total. The molecular formula is C22H32N2O5. The molecule has 0 aromatic heterocycles. The van der Waals surface area contributed by atoms with Gasteiger partial charge in [-0.3, -0.25) is 9.59 Å². The number of piperidine rings is 1. The second-order valence-electron chi connectivity index (χ2n) is 7.82. The molecule has 3 rings (SSSR count). The third kappa shape index (κ3) is 4.95. The number of amides is 2. The van der Waals surface area contributed by atoms with Crippen LogP contribution in [-0.2, 0) is 4.79 Å². The van der Waals surface area contributed by atoms with Crippen molar-refractivity contribution in [3.8, 4) is 17.2 Å². The second kappa shape index (κ2) is 9.85. The average molecular weight is 405 g/mol. The maximum Gasteiger partial charge on any atom is 0.251 e. The molecule has 1 aliphatic carbocycles. The maximum atomic E-state index is 12.8. The number of nitrogens with one attached hydrogen (secondary N) is 1. The Bertz CT molecular complexity index is 697. The summed E-state index contributed by atoms with van der Waals surface area (Å²) in [4.78, 5) is 27.5. The van der Waals surface area contributed by atoms with Crippen LogP contribution in [0.25, 0.3) is 0 Å². The highest BCUT2D eigenvalue weighted by atomic mass is 16.5. The number of carbonyl (C=O) groups is 2. The summed E-state index contributed by atoms with van der Waals surface area (Å²) in [7, 11) is 4.58. The van der Waals surface area contributed by atoms with Crippen molar-refractivity contribution < 1.29 is 23.8 Å². The minimum atomic E-state index is -0.179. The number of benzene rings is 1. The molecule has 2 aliphatic rings. The molecule has 29 heavy (non-hydrogen) atoms. The highest BCUT2D eigenvalue weighted by Gasteiger charge is 2.30. The first-order valence-electron chi connectivity index (χ1n) is 10.5. The first-order valence-corrected chi connectivity index (χ1v) is 10.5. The van der Waals surface area contributed by atoms with E-state index in [1.54, 1.807) is 12.1 Å². The summed E-state index contributed by atoms with van der Waals surface area (Å²) in [5, 5.41) is 3.09. The SMILES string of the molecule is COc1cc(C(=O)NC2CCN(C(=O)C3CCCCC3)CC2)cc(OC)c1OC. The number of methoxy groups -OCH3 is 3. The number of hydrogen-bond acceptors (Lipinski definition) is 5. The van der Waals surface area contributed by atoms with Crippen LogP contribution in [0.3, 0.4) is 0 Å². The lowest BCUT2D eigenvalue weighted by Gasteiger charge is -2.35. The highest BCUT2D eigenvalue weighted by Crippen LogP contribution is 2.38. The predicted octanol–water partition coefficient (Wildman–Crippen LogP) is 3.01. The fourth-order valence-electron chi connectivity index (χ4n) is 4.33. The van der Waals surface area contributed by atoms with Gasteiger partial charge in [0.05, 0.1) is 21.3 Å². The Kier molecular flexibility index (Phi) is 7.23. The summed E-state index contributed by atoms with van der Waals surface area (Å²) < 4.78 is 16.0. The van der Waals surface area contributed by atoms with Crippen LogP contribution in [0.15, 0.2) is 12.1 Å². The molecule has 1 saturated carbocycles. The van der Waals surface area contributed by atoms with Crippen LogP contribution in [-0.4, -0.2) is 57.2 Å². The van der Waals surface area contributed by atoms with Crippen LogP contribution >= 0.6 is 0 Å². The Labute approximate surface area is 172 Å². The van der Waals surface area contributed by atoms with E-state index in [0.717, 1.165) is 38.5 Å². The third-order valence-corrected chi connectivity index (χ3v) is 6.02. The number of ether oxygens (including phenoxy) is 3. The molecule has 0 atom stereocenters. The van der Waals surface area contributed by atoms with Gasteiger partial charge < -0.3 is 24.4 Å². The molecule has 1 aromatic rings. The minimum Gasteiger partial charge on any atom is -0.493 e. The molecule has 1 aliphatic heterocycles. The summed E-state index contributed by atoms with van der Waals surface area (Å²) in [6.07, 6.45) is 7.17. The smallest absolute Gasteiger partial charge is 0.251 e. The quantitative estimate of drug-likeness (QED) is 0.789. The number of likely N-dealkylation sites (tertiary alicyclic amines) is 1. The zero-order valence-corrected chi connectivity index (χ0v) is 17.7. The number of hydrogen-bond donors (Lipinski definition) is 1. The van der Waals surface area contributed by atoms with Crippen LogP contribution in [0.2, 0.25) is 0 Å². The van der Waals surface area contributed by atoms with Gasteiger partial charge in [0.1, 0.15) is 0 Å². The fourth-order valence-corrected chi connectivity index (χ4v) is 4.33. The van der Waals surface area contributed by atoms with E-state index in [-0.39, 0.29) is 17.9 Å². The van der Waals surface area contributed by atoms with E-state index < -0.39 is 0 Å². The van der Waals surface area contributed by atoms with E-state index in [1.807, 2.05) is 4.90 Å². The van der Waals surface area contributed by atoms with Gasteiger partial charge in [0.2, 0.25) is 11.7 Å². The Morgan fingerprint density at radius 3 is 2.00 bits per heavy atom. The summed E-state index contributed by atoms with van der Waals surface area (Å²) in [5.41, 5.74) is 0.459. The van der Waals surface area contributed by atoms with Crippen LogP contribution in [0.1, 0.15) is 55.3 Å². The molecule has 160 valence electrons. The summed E-state index contributed by atoms with van der Waals surface area (Å²) >= 11 is 0. The lowest BCUT2D eigenvalue weighted by atomic mass is 9.87. The molecule has 0 unspecified atom stereocenters. The van der Waals surface area contributed by atoms with Crippen molar-refractivity contribution in [3.63, 3.8) is 0 Å². The van der Waals surface area contributed by atoms with E-state index >= 15 is 0 Å². The molecule has 2 amide bonds. The first-order chi connectivity index (χ1) is 14.1. The topological polar surface area (TPSA) is 77.1 Å². The monoisotopic (exact) mass is 404 g/mol. The van der Waals surface area contributed by atoms with Gasteiger partial charge in [0, 0.05) is 30.6 Å². The van der Waals surface area contributed by atoms with E-state index in [9.17, 15) is 9.59 Å². The third-order valence-electron chi connectivity index (χ3n) is 6.02. The van der Waals surface area contributed by atoms with Crippen molar-refractivity contribution in [1.82, 2.24) is 10.2 Å². The number of nitrogens with zero attached hydrogens (tertiary/aromatic N) is 1. The van der Waals surface area contributed by atoms with Gasteiger partial charge in [0.15, 0.2) is 11.5 Å². The van der Waals surface area contributed by atoms with Gasteiger partial charge in [-0.2, -0.15) is 0 Å². The number of rotatable bonds is 6. The zero-order chi connectivity index (χ0) is 20.8. The van der Waals surface area contributed by atoms with E-state index in [1.165, 1.54) is 27.8 Å². The summed E-state index contributed by atoms with van der Waals surface area (Å²) in [6.45, 7) is 1.41. The molecule has 1 saturated heterocycles. The first kappa shape index (κ1) is 21.3. The van der Waals surface area contributed by atoms with Gasteiger partial charge >= 0.3 is 0 Å². The van der Waals surface area contributed by atoms with Crippen LogP contribution in [0.4, 0.5) is 0 Å². The highest BCUT2D eigenvalue weighted by molar-refractivity contribution is 5.95. The van der Waals surface area contributed by atoms with Gasteiger partial charge in [-0.1, -0.05) is 19.3 Å². The van der Waals surface area contributed by atoms with Gasteiger partial charge in [-0.25, -0.2) is 0 Å². The van der Waals surface area contributed by atoms with Crippen molar-refractivity contribution in [3.05, 3.63) is 17.7 Å². The maximum absolute atomic E-state index is 12.8. The van der Waals surface area contributed by atoms with E-state index in [2.05, 4.69) is 5.32 Å². The fraction of sp³-hybridized carbons (Fsp3) is 0.636. The molecule has 0 spiro atoms. The molecule has 1 heterocycles. The normalized spacial score (nSPS) is 18.2. The molecule has 1 N–H and O–H groups in total. The van der Waals surface area contributed by atoms with Gasteiger partial charge in [-0.15, -0.1) is 0 Å².